The Bertz CT molecular complexity index is 670. The Morgan fingerprint density at radius 1 is 1.28 bits per heavy atom. The Morgan fingerprint density at radius 2 is 2.17 bits per heavy atom. The van der Waals surface area contributed by atoms with Crippen molar-refractivity contribution in [2.24, 2.45) is 0 Å². The van der Waals surface area contributed by atoms with Crippen LogP contribution in [0.4, 0.5) is 5.69 Å². The Balaban J connectivity index is 2.05. The van der Waals surface area contributed by atoms with Gasteiger partial charge in [0.25, 0.3) is 0 Å². The summed E-state index contributed by atoms with van der Waals surface area (Å²) in [7, 11) is 0. The molecule has 0 aliphatic carbocycles. The molecule has 5 heteroatoms. The molecule has 2 heterocycles. The standard InChI is InChI=1S/C13H12N4S/c1-8-4-5-10(14)9(7-8)12-15-13(17-16-12)11-3-2-6-18-11/h2-7H,14H2,1H3,(H,15,16,17). The average Bonchev–Trinajstić information content (AvgIpc) is 3.00. The lowest BCUT2D eigenvalue weighted by Gasteiger charge is -2.01. The molecular weight excluding hydrogens is 244 g/mol. The monoisotopic (exact) mass is 256 g/mol. The minimum atomic E-state index is 0.639. The van der Waals surface area contributed by atoms with E-state index in [2.05, 4.69) is 15.2 Å². The molecule has 4 nitrogen and oxygen atoms in total. The van der Waals surface area contributed by atoms with Crippen molar-refractivity contribution in [2.75, 3.05) is 5.73 Å². The van der Waals surface area contributed by atoms with Gasteiger partial charge in [0.05, 0.1) is 4.88 Å². The highest BCUT2D eigenvalue weighted by Crippen LogP contribution is 2.27. The summed E-state index contributed by atoms with van der Waals surface area (Å²) in [5, 5.41) is 9.19. The minimum absolute atomic E-state index is 0.639. The molecular formula is C13H12N4S. The summed E-state index contributed by atoms with van der Waals surface area (Å²) in [5.74, 6) is 1.42. The number of aromatic amines is 1. The van der Waals surface area contributed by atoms with Crippen LogP contribution in [0.1, 0.15) is 5.56 Å². The maximum Gasteiger partial charge on any atom is 0.183 e. The molecule has 0 saturated carbocycles. The van der Waals surface area contributed by atoms with Crippen LogP contribution in [0.3, 0.4) is 0 Å². The lowest BCUT2D eigenvalue weighted by Crippen LogP contribution is -1.92. The van der Waals surface area contributed by atoms with Crippen LogP contribution in [0.15, 0.2) is 35.7 Å². The molecule has 1 aromatic carbocycles. The first-order chi connectivity index (χ1) is 8.74. The number of hydrogen-bond acceptors (Lipinski definition) is 4. The van der Waals surface area contributed by atoms with Crippen molar-refractivity contribution in [3.05, 3.63) is 41.3 Å². The van der Waals surface area contributed by atoms with Crippen molar-refractivity contribution >= 4 is 17.0 Å². The second-order valence-electron chi connectivity index (χ2n) is 4.08. The van der Waals surface area contributed by atoms with E-state index in [0.717, 1.165) is 21.8 Å². The predicted octanol–water partition coefficient (Wildman–Crippen LogP) is 3.09. The molecule has 3 aromatic rings. The fourth-order valence-corrected chi connectivity index (χ4v) is 2.43. The van der Waals surface area contributed by atoms with Gasteiger partial charge in [-0.1, -0.05) is 17.7 Å². The van der Waals surface area contributed by atoms with E-state index in [1.807, 2.05) is 42.6 Å². The zero-order chi connectivity index (χ0) is 12.5. The second kappa shape index (κ2) is 4.27. The Labute approximate surface area is 109 Å². The van der Waals surface area contributed by atoms with Gasteiger partial charge in [0.2, 0.25) is 0 Å². The third-order valence-corrected chi connectivity index (χ3v) is 3.57. The van der Waals surface area contributed by atoms with Crippen molar-refractivity contribution in [1.29, 1.82) is 0 Å². The maximum absolute atomic E-state index is 5.96. The summed E-state index contributed by atoms with van der Waals surface area (Å²) in [4.78, 5) is 5.56. The molecule has 0 radical (unpaired) electrons. The van der Waals surface area contributed by atoms with Crippen LogP contribution < -0.4 is 5.73 Å². The maximum atomic E-state index is 5.96. The van der Waals surface area contributed by atoms with E-state index in [9.17, 15) is 0 Å². The van der Waals surface area contributed by atoms with E-state index in [0.29, 0.717) is 11.5 Å². The van der Waals surface area contributed by atoms with Gasteiger partial charge >= 0.3 is 0 Å². The van der Waals surface area contributed by atoms with E-state index in [1.54, 1.807) is 11.3 Å². The van der Waals surface area contributed by atoms with Gasteiger partial charge in [-0.25, -0.2) is 4.98 Å². The predicted molar refractivity (Wildman–Crippen MR) is 74.3 cm³/mol. The van der Waals surface area contributed by atoms with Crippen molar-refractivity contribution in [1.82, 2.24) is 15.2 Å². The molecule has 0 aliphatic heterocycles. The number of hydrogen-bond donors (Lipinski definition) is 2. The summed E-state index contributed by atoms with van der Waals surface area (Å²) in [6.07, 6.45) is 0. The number of nitrogens with zero attached hydrogens (tertiary/aromatic N) is 2. The number of H-pyrrole nitrogens is 1. The number of thiophene rings is 1. The number of nitrogens with two attached hydrogens (primary N) is 1. The smallest absolute Gasteiger partial charge is 0.183 e. The topological polar surface area (TPSA) is 67.6 Å². The minimum Gasteiger partial charge on any atom is -0.398 e. The molecule has 0 aliphatic rings. The van der Waals surface area contributed by atoms with Gasteiger partial charge in [0.1, 0.15) is 0 Å². The van der Waals surface area contributed by atoms with Crippen molar-refractivity contribution in [2.45, 2.75) is 6.92 Å². The number of anilines is 1. The molecule has 90 valence electrons. The first kappa shape index (κ1) is 11.0. The molecule has 0 saturated heterocycles. The van der Waals surface area contributed by atoms with Gasteiger partial charge in [-0.15, -0.1) is 11.3 Å². The molecule has 0 amide bonds. The summed E-state index contributed by atoms with van der Waals surface area (Å²) in [6, 6.07) is 9.85. The van der Waals surface area contributed by atoms with E-state index in [4.69, 9.17) is 5.73 Å². The fourth-order valence-electron chi connectivity index (χ4n) is 1.77. The van der Waals surface area contributed by atoms with Gasteiger partial charge in [0, 0.05) is 11.3 Å². The van der Waals surface area contributed by atoms with Crippen LogP contribution in [0, 0.1) is 6.92 Å². The molecule has 3 rings (SSSR count). The first-order valence-electron chi connectivity index (χ1n) is 5.57. The van der Waals surface area contributed by atoms with Gasteiger partial charge < -0.3 is 5.73 Å². The zero-order valence-corrected chi connectivity index (χ0v) is 10.7. The van der Waals surface area contributed by atoms with Crippen LogP contribution in [0.5, 0.6) is 0 Å². The Hall–Kier alpha value is -2.14. The third-order valence-electron chi connectivity index (χ3n) is 2.69. The first-order valence-corrected chi connectivity index (χ1v) is 6.45. The second-order valence-corrected chi connectivity index (χ2v) is 5.02. The van der Waals surface area contributed by atoms with E-state index >= 15 is 0 Å². The average molecular weight is 256 g/mol. The number of nitrogen functional groups attached to an aromatic ring is 1. The van der Waals surface area contributed by atoms with E-state index < -0.39 is 0 Å². The number of rotatable bonds is 2. The quantitative estimate of drug-likeness (QED) is 0.692. The van der Waals surface area contributed by atoms with Crippen LogP contribution in [-0.4, -0.2) is 15.2 Å². The largest absolute Gasteiger partial charge is 0.398 e. The molecule has 0 bridgehead atoms. The number of nitrogens with one attached hydrogen (secondary N) is 1. The van der Waals surface area contributed by atoms with Crippen LogP contribution in [0.25, 0.3) is 22.1 Å². The van der Waals surface area contributed by atoms with Crippen molar-refractivity contribution in [3.8, 4) is 22.1 Å². The van der Waals surface area contributed by atoms with Gasteiger partial charge in [-0.2, -0.15) is 5.10 Å². The summed E-state index contributed by atoms with van der Waals surface area (Å²) in [5.41, 5.74) is 8.66. The fraction of sp³-hybridized carbons (Fsp3) is 0.0769. The van der Waals surface area contributed by atoms with Crippen molar-refractivity contribution < 1.29 is 0 Å². The van der Waals surface area contributed by atoms with Crippen LogP contribution in [0.2, 0.25) is 0 Å². The summed E-state index contributed by atoms with van der Waals surface area (Å²) >= 11 is 1.63. The highest BCUT2D eigenvalue weighted by Gasteiger charge is 2.10. The highest BCUT2D eigenvalue weighted by molar-refractivity contribution is 7.13. The highest BCUT2D eigenvalue weighted by atomic mass is 32.1. The van der Waals surface area contributed by atoms with E-state index in [-0.39, 0.29) is 0 Å². The normalized spacial score (nSPS) is 10.7. The molecule has 0 fully saturated rings. The molecule has 0 spiro atoms. The summed E-state index contributed by atoms with van der Waals surface area (Å²) < 4.78 is 0. The Kier molecular flexibility index (Phi) is 2.60. The zero-order valence-electron chi connectivity index (χ0n) is 9.84. The van der Waals surface area contributed by atoms with Crippen molar-refractivity contribution in [3.63, 3.8) is 0 Å². The van der Waals surface area contributed by atoms with Crippen LogP contribution >= 0.6 is 11.3 Å². The molecule has 0 atom stereocenters. The lowest BCUT2D eigenvalue weighted by atomic mass is 10.1. The van der Waals surface area contributed by atoms with Gasteiger partial charge in [0.15, 0.2) is 11.6 Å². The number of aryl methyl sites for hydroxylation is 1. The van der Waals surface area contributed by atoms with Gasteiger partial charge in [-0.05, 0) is 30.5 Å². The molecule has 18 heavy (non-hydrogen) atoms. The molecule has 2 aromatic heterocycles. The molecule has 3 N–H and O–H groups in total. The molecule has 0 unspecified atom stereocenters. The summed E-state index contributed by atoms with van der Waals surface area (Å²) in [6.45, 7) is 2.02. The third kappa shape index (κ3) is 1.89. The lowest BCUT2D eigenvalue weighted by molar-refractivity contribution is 1.10. The van der Waals surface area contributed by atoms with Crippen LogP contribution in [-0.2, 0) is 0 Å². The number of aromatic nitrogens is 3. The van der Waals surface area contributed by atoms with Gasteiger partial charge in [-0.3, -0.25) is 5.10 Å². The SMILES string of the molecule is Cc1ccc(N)c(-c2n[nH]c(-c3cccs3)n2)c1. The van der Waals surface area contributed by atoms with E-state index in [1.165, 1.54) is 0 Å². The Morgan fingerprint density at radius 3 is 2.94 bits per heavy atom. The number of benzene rings is 1.